The number of ether oxygens (including phenoxy) is 1. The molecule has 0 aliphatic carbocycles. The summed E-state index contributed by atoms with van der Waals surface area (Å²) in [6.07, 6.45) is 7.08. The summed E-state index contributed by atoms with van der Waals surface area (Å²) in [5.41, 5.74) is 2.49. The highest BCUT2D eigenvalue weighted by Crippen LogP contribution is 2.26. The monoisotopic (exact) mass is 259 g/mol. The molecule has 1 fully saturated rings. The van der Waals surface area contributed by atoms with Crippen LogP contribution in [0.4, 0.5) is 0 Å². The first-order valence-corrected chi connectivity index (χ1v) is 6.59. The Hall–Kier alpha value is -1.88. The van der Waals surface area contributed by atoms with E-state index in [4.69, 9.17) is 4.74 Å². The van der Waals surface area contributed by atoms with Crippen LogP contribution in [-0.2, 0) is 4.74 Å². The van der Waals surface area contributed by atoms with Crippen LogP contribution < -0.4 is 5.32 Å². The van der Waals surface area contributed by atoms with Gasteiger partial charge in [-0.3, -0.25) is 4.40 Å². The lowest BCUT2D eigenvalue weighted by Gasteiger charge is -2.24. The molecule has 1 unspecified atom stereocenters. The first-order valence-electron chi connectivity index (χ1n) is 6.59. The van der Waals surface area contributed by atoms with Crippen molar-refractivity contribution >= 4 is 11.6 Å². The number of methoxy groups -OCH3 is 1. The molecule has 0 bridgehead atoms. The van der Waals surface area contributed by atoms with E-state index in [1.807, 2.05) is 12.1 Å². The van der Waals surface area contributed by atoms with Crippen molar-refractivity contribution in [2.45, 2.75) is 25.3 Å². The molecule has 2 aromatic heterocycles. The molecule has 1 saturated heterocycles. The molecule has 1 atom stereocenters. The number of aromatic nitrogens is 2. The maximum absolute atomic E-state index is 11.7. The average Bonchev–Trinajstić information content (AvgIpc) is 2.95. The number of imidazole rings is 1. The highest BCUT2D eigenvalue weighted by molar-refractivity contribution is 5.88. The van der Waals surface area contributed by atoms with Gasteiger partial charge >= 0.3 is 5.97 Å². The van der Waals surface area contributed by atoms with Gasteiger partial charge in [-0.05, 0) is 25.5 Å². The molecule has 5 heteroatoms. The summed E-state index contributed by atoms with van der Waals surface area (Å²) in [6, 6.07) is 4.12. The van der Waals surface area contributed by atoms with Gasteiger partial charge in [0.1, 0.15) is 11.3 Å². The Morgan fingerprint density at radius 2 is 2.37 bits per heavy atom. The predicted octanol–water partition coefficient (Wildman–Crippen LogP) is 1.94. The van der Waals surface area contributed by atoms with Crippen LogP contribution in [0.2, 0.25) is 0 Å². The topological polar surface area (TPSA) is 55.6 Å². The molecule has 3 heterocycles. The van der Waals surface area contributed by atoms with Gasteiger partial charge in [-0.1, -0.05) is 12.5 Å². The summed E-state index contributed by atoms with van der Waals surface area (Å²) in [5.74, 6) is -0.342. The van der Waals surface area contributed by atoms with Crippen LogP contribution in [-0.4, -0.2) is 29.0 Å². The molecule has 1 aliphatic rings. The van der Waals surface area contributed by atoms with E-state index in [1.54, 1.807) is 16.8 Å². The van der Waals surface area contributed by atoms with E-state index in [0.29, 0.717) is 11.7 Å². The number of hydrogen-bond donors (Lipinski definition) is 1. The molecule has 19 heavy (non-hydrogen) atoms. The van der Waals surface area contributed by atoms with Crippen LogP contribution in [0.5, 0.6) is 0 Å². The number of nitrogens with one attached hydrogen (secondary N) is 1. The van der Waals surface area contributed by atoms with Gasteiger partial charge in [0.25, 0.3) is 0 Å². The third-order valence-corrected chi connectivity index (χ3v) is 3.66. The number of carbonyl (C=O) groups excluding carboxylic acids is 1. The van der Waals surface area contributed by atoms with Crippen LogP contribution in [0, 0.1) is 0 Å². The summed E-state index contributed by atoms with van der Waals surface area (Å²) < 4.78 is 6.60. The van der Waals surface area contributed by atoms with Gasteiger partial charge in [0, 0.05) is 24.0 Å². The Labute approximate surface area is 111 Å². The molecule has 0 amide bonds. The van der Waals surface area contributed by atoms with Crippen LogP contribution in [0.1, 0.15) is 41.4 Å². The van der Waals surface area contributed by atoms with Crippen molar-refractivity contribution < 1.29 is 9.53 Å². The van der Waals surface area contributed by atoms with Gasteiger partial charge in [0.15, 0.2) is 0 Å². The average molecular weight is 259 g/mol. The molecular formula is C14H17N3O2. The smallest absolute Gasteiger partial charge is 0.355 e. The van der Waals surface area contributed by atoms with Crippen LogP contribution >= 0.6 is 0 Å². The highest BCUT2D eigenvalue weighted by Gasteiger charge is 2.20. The minimum Gasteiger partial charge on any atom is -0.464 e. The largest absolute Gasteiger partial charge is 0.464 e. The minimum absolute atomic E-state index is 0.324. The molecule has 5 nitrogen and oxygen atoms in total. The lowest BCUT2D eigenvalue weighted by atomic mass is 9.98. The number of piperidine rings is 1. The van der Waals surface area contributed by atoms with Crippen molar-refractivity contribution in [3.63, 3.8) is 0 Å². The number of pyridine rings is 1. The van der Waals surface area contributed by atoms with E-state index in [-0.39, 0.29) is 5.97 Å². The van der Waals surface area contributed by atoms with Crippen LogP contribution in [0.3, 0.4) is 0 Å². The number of rotatable bonds is 2. The summed E-state index contributed by atoms with van der Waals surface area (Å²) in [7, 11) is 1.39. The molecule has 3 rings (SSSR count). The van der Waals surface area contributed by atoms with Crippen molar-refractivity contribution in [1.82, 2.24) is 14.7 Å². The second-order valence-corrected chi connectivity index (χ2v) is 4.79. The van der Waals surface area contributed by atoms with Crippen molar-refractivity contribution in [1.29, 1.82) is 0 Å². The summed E-state index contributed by atoms with van der Waals surface area (Å²) in [4.78, 5) is 16.1. The van der Waals surface area contributed by atoms with Crippen molar-refractivity contribution in [2.24, 2.45) is 0 Å². The maximum atomic E-state index is 11.7. The number of esters is 1. The quantitative estimate of drug-likeness (QED) is 0.837. The van der Waals surface area contributed by atoms with Crippen molar-refractivity contribution in [2.75, 3.05) is 13.7 Å². The Balaban J connectivity index is 2.07. The fourth-order valence-corrected chi connectivity index (χ4v) is 2.70. The van der Waals surface area contributed by atoms with Crippen molar-refractivity contribution in [3.05, 3.63) is 35.8 Å². The number of nitrogens with zero attached hydrogens (tertiary/aromatic N) is 2. The molecule has 2 aromatic rings. The Morgan fingerprint density at radius 1 is 1.47 bits per heavy atom. The molecule has 0 saturated carbocycles. The van der Waals surface area contributed by atoms with Gasteiger partial charge in [-0.15, -0.1) is 0 Å². The fraction of sp³-hybridized carbons (Fsp3) is 0.429. The van der Waals surface area contributed by atoms with Gasteiger partial charge in [0.2, 0.25) is 0 Å². The zero-order valence-corrected chi connectivity index (χ0v) is 10.9. The summed E-state index contributed by atoms with van der Waals surface area (Å²) in [6.45, 7) is 1.04. The molecule has 0 radical (unpaired) electrons. The molecule has 100 valence electrons. The maximum Gasteiger partial charge on any atom is 0.355 e. The van der Waals surface area contributed by atoms with E-state index in [2.05, 4.69) is 10.3 Å². The predicted molar refractivity (Wildman–Crippen MR) is 71.1 cm³/mol. The first-order chi connectivity index (χ1) is 9.31. The van der Waals surface area contributed by atoms with Gasteiger partial charge < -0.3 is 10.1 Å². The third kappa shape index (κ3) is 2.10. The Bertz CT molecular complexity index is 600. The summed E-state index contributed by atoms with van der Waals surface area (Å²) in [5, 5.41) is 3.51. The number of carbonyl (C=O) groups is 1. The SMILES string of the molecule is COC(=O)c1ccc(C2CCCCN2)c2nccn12. The van der Waals surface area contributed by atoms with E-state index >= 15 is 0 Å². The molecule has 0 aromatic carbocycles. The minimum atomic E-state index is -0.342. The van der Waals surface area contributed by atoms with Gasteiger partial charge in [-0.2, -0.15) is 0 Å². The van der Waals surface area contributed by atoms with E-state index in [9.17, 15) is 4.79 Å². The normalized spacial score (nSPS) is 19.5. The Kier molecular flexibility index (Phi) is 3.21. The summed E-state index contributed by atoms with van der Waals surface area (Å²) >= 11 is 0. The van der Waals surface area contributed by atoms with E-state index in [1.165, 1.54) is 20.0 Å². The third-order valence-electron chi connectivity index (χ3n) is 3.66. The van der Waals surface area contributed by atoms with Gasteiger partial charge in [0.05, 0.1) is 7.11 Å². The first kappa shape index (κ1) is 12.2. The lowest BCUT2D eigenvalue weighted by Crippen LogP contribution is -2.27. The van der Waals surface area contributed by atoms with E-state index in [0.717, 1.165) is 24.2 Å². The molecule has 1 N–H and O–H groups in total. The molecule has 1 aliphatic heterocycles. The lowest BCUT2D eigenvalue weighted by molar-refractivity contribution is 0.0592. The zero-order valence-electron chi connectivity index (χ0n) is 10.9. The molecular weight excluding hydrogens is 242 g/mol. The van der Waals surface area contributed by atoms with Crippen LogP contribution in [0.15, 0.2) is 24.5 Å². The number of hydrogen-bond acceptors (Lipinski definition) is 4. The fourth-order valence-electron chi connectivity index (χ4n) is 2.70. The van der Waals surface area contributed by atoms with Crippen molar-refractivity contribution in [3.8, 4) is 0 Å². The number of fused-ring (bicyclic) bond motifs is 1. The zero-order chi connectivity index (χ0) is 13.2. The van der Waals surface area contributed by atoms with Gasteiger partial charge in [-0.25, -0.2) is 9.78 Å². The highest BCUT2D eigenvalue weighted by atomic mass is 16.5. The standard InChI is InChI=1S/C14H17N3O2/c1-19-14(18)12-6-5-10(11-4-2-3-7-15-11)13-16-8-9-17(12)13/h5-6,8-9,11,15H,2-4,7H2,1H3. The second-order valence-electron chi connectivity index (χ2n) is 4.79. The molecule has 0 spiro atoms. The van der Waals surface area contributed by atoms with Crippen LogP contribution in [0.25, 0.3) is 5.65 Å². The second kappa shape index (κ2) is 5.01. The van der Waals surface area contributed by atoms with E-state index < -0.39 is 0 Å². The Morgan fingerprint density at radius 3 is 3.11 bits per heavy atom.